The van der Waals surface area contributed by atoms with E-state index in [0.29, 0.717) is 17.5 Å². The van der Waals surface area contributed by atoms with Gasteiger partial charge in [-0.05, 0) is 70.7 Å². The SMILES string of the molecule is CC(=C1C=CC(O)=C(c2ccccc2O)C1)c1ccc(C(C)(C)c2ccc(O)cc2)cc1.O=C1C=Cc2ccccc2C1=O. The first-order valence-electron chi connectivity index (χ1n) is 14.4. The Morgan fingerprint density at radius 2 is 1.25 bits per heavy atom. The number of ketones is 2. The highest BCUT2D eigenvalue weighted by atomic mass is 16.3. The number of fused-ring (bicyclic) bond motifs is 1. The Bertz CT molecular complexity index is 1850. The van der Waals surface area contributed by atoms with Gasteiger partial charge in [0.05, 0.1) is 0 Å². The van der Waals surface area contributed by atoms with Gasteiger partial charge >= 0.3 is 0 Å². The van der Waals surface area contributed by atoms with Crippen LogP contribution in [0.15, 0.2) is 127 Å². The average molecular weight is 583 g/mol. The van der Waals surface area contributed by atoms with Crippen molar-refractivity contribution in [3.8, 4) is 11.5 Å². The van der Waals surface area contributed by atoms with Crippen LogP contribution < -0.4 is 0 Å². The maximum absolute atomic E-state index is 11.2. The van der Waals surface area contributed by atoms with E-state index in [0.717, 1.165) is 33.4 Å². The standard InChI is InChI=1S/C29H28O3.C10H6O2/c1-19(21-10-17-28(32)26(18-21)25-6-4-5-7-27(25)31)20-8-11-22(12-9-20)29(2,3)23-13-15-24(30)16-14-23;11-9-6-5-7-3-1-2-4-8(7)10(9)12/h4-17,30-32H,18H2,1-3H3;1-6H. The smallest absolute Gasteiger partial charge is 0.233 e. The third-order valence-electron chi connectivity index (χ3n) is 8.30. The quantitative estimate of drug-likeness (QED) is 0.210. The van der Waals surface area contributed by atoms with Gasteiger partial charge in [0.15, 0.2) is 0 Å². The van der Waals surface area contributed by atoms with E-state index >= 15 is 0 Å². The maximum Gasteiger partial charge on any atom is 0.233 e. The molecule has 0 aromatic heterocycles. The van der Waals surface area contributed by atoms with Gasteiger partial charge in [-0.15, -0.1) is 0 Å². The number of aliphatic hydroxyl groups excluding tert-OH is 1. The Morgan fingerprint density at radius 3 is 1.91 bits per heavy atom. The number of benzene rings is 4. The average Bonchev–Trinajstić information content (AvgIpc) is 3.04. The molecule has 0 radical (unpaired) electrons. The summed E-state index contributed by atoms with van der Waals surface area (Å²) < 4.78 is 0. The zero-order valence-corrected chi connectivity index (χ0v) is 24.9. The number of carbonyl (C=O) groups is 2. The van der Waals surface area contributed by atoms with Crippen LogP contribution in [0.2, 0.25) is 0 Å². The van der Waals surface area contributed by atoms with Crippen LogP contribution in [-0.4, -0.2) is 26.9 Å². The number of aliphatic hydroxyl groups is 1. The topological polar surface area (TPSA) is 94.8 Å². The second kappa shape index (κ2) is 12.4. The highest BCUT2D eigenvalue weighted by Crippen LogP contribution is 2.38. The molecule has 0 unspecified atom stereocenters. The van der Waals surface area contributed by atoms with Crippen molar-refractivity contribution in [2.75, 3.05) is 0 Å². The molecule has 6 rings (SSSR count). The van der Waals surface area contributed by atoms with Crippen molar-refractivity contribution in [3.05, 3.63) is 160 Å². The van der Waals surface area contributed by atoms with Crippen LogP contribution in [0.3, 0.4) is 0 Å². The number of hydrogen-bond donors (Lipinski definition) is 3. The van der Waals surface area contributed by atoms with Crippen LogP contribution >= 0.6 is 0 Å². The number of hydrogen-bond acceptors (Lipinski definition) is 5. The zero-order valence-electron chi connectivity index (χ0n) is 24.9. The lowest BCUT2D eigenvalue weighted by molar-refractivity contribution is -0.110. The Labute approximate surface area is 257 Å². The van der Waals surface area contributed by atoms with Gasteiger partial charge in [0.1, 0.15) is 17.3 Å². The number of phenolic OH excluding ortho intramolecular Hbond substituents is 2. The monoisotopic (exact) mass is 582 g/mol. The van der Waals surface area contributed by atoms with Crippen LogP contribution in [0.4, 0.5) is 0 Å². The summed E-state index contributed by atoms with van der Waals surface area (Å²) in [5, 5.41) is 30.2. The molecular weight excluding hydrogens is 548 g/mol. The Kier molecular flexibility index (Phi) is 8.50. The van der Waals surface area contributed by atoms with Gasteiger partial charge in [-0.25, -0.2) is 0 Å². The third kappa shape index (κ3) is 6.18. The summed E-state index contributed by atoms with van der Waals surface area (Å²) in [4.78, 5) is 22.1. The summed E-state index contributed by atoms with van der Waals surface area (Å²) in [7, 11) is 0. The van der Waals surface area contributed by atoms with Gasteiger partial charge in [-0.1, -0.05) is 105 Å². The Balaban J connectivity index is 0.000000266. The first kappa shape index (κ1) is 30.1. The highest BCUT2D eigenvalue weighted by molar-refractivity contribution is 6.49. The number of para-hydroxylation sites is 1. The molecule has 0 saturated carbocycles. The van der Waals surface area contributed by atoms with E-state index in [9.17, 15) is 24.9 Å². The number of phenols is 2. The van der Waals surface area contributed by atoms with E-state index < -0.39 is 11.6 Å². The first-order valence-corrected chi connectivity index (χ1v) is 14.4. The first-order chi connectivity index (χ1) is 21.1. The third-order valence-corrected chi connectivity index (χ3v) is 8.30. The summed E-state index contributed by atoms with van der Waals surface area (Å²) in [6, 6.07) is 30.1. The lowest BCUT2D eigenvalue weighted by Crippen LogP contribution is -2.18. The van der Waals surface area contributed by atoms with E-state index in [1.165, 1.54) is 11.6 Å². The molecule has 5 heteroatoms. The van der Waals surface area contributed by atoms with Gasteiger partial charge in [-0.2, -0.15) is 0 Å². The minimum Gasteiger partial charge on any atom is -0.508 e. The minimum atomic E-state index is -0.436. The molecule has 0 heterocycles. The fourth-order valence-electron chi connectivity index (χ4n) is 5.43. The summed E-state index contributed by atoms with van der Waals surface area (Å²) in [5.74, 6) is -0.219. The van der Waals surface area contributed by atoms with Gasteiger partial charge in [-0.3, -0.25) is 9.59 Å². The summed E-state index contributed by atoms with van der Waals surface area (Å²) in [6.45, 7) is 6.44. The van der Waals surface area contributed by atoms with E-state index in [-0.39, 0.29) is 22.7 Å². The fourth-order valence-corrected chi connectivity index (χ4v) is 5.43. The largest absolute Gasteiger partial charge is 0.508 e. The molecule has 220 valence electrons. The molecule has 0 aliphatic heterocycles. The molecule has 5 nitrogen and oxygen atoms in total. The predicted molar refractivity (Wildman–Crippen MR) is 175 cm³/mol. The number of rotatable bonds is 4. The normalized spacial score (nSPS) is 15.4. The molecule has 3 N–H and O–H groups in total. The minimum absolute atomic E-state index is 0.169. The predicted octanol–water partition coefficient (Wildman–Crippen LogP) is 8.59. The molecule has 2 aliphatic rings. The van der Waals surface area contributed by atoms with Crippen LogP contribution in [-0.2, 0) is 10.2 Å². The van der Waals surface area contributed by atoms with E-state index in [2.05, 4.69) is 45.0 Å². The van der Waals surface area contributed by atoms with Crippen molar-refractivity contribution in [1.29, 1.82) is 0 Å². The van der Waals surface area contributed by atoms with Gasteiger partial charge in [0.25, 0.3) is 0 Å². The lowest BCUT2D eigenvalue weighted by atomic mass is 9.77. The Morgan fingerprint density at radius 1 is 0.659 bits per heavy atom. The summed E-state index contributed by atoms with van der Waals surface area (Å²) in [5.41, 5.74) is 8.21. The molecule has 0 bridgehead atoms. The number of carbonyl (C=O) groups excluding carboxylic acids is 2. The van der Waals surface area contributed by atoms with Crippen LogP contribution in [0, 0.1) is 0 Å². The highest BCUT2D eigenvalue weighted by Gasteiger charge is 2.24. The second-order valence-corrected chi connectivity index (χ2v) is 11.4. The van der Waals surface area contributed by atoms with Gasteiger partial charge in [0, 0.05) is 28.5 Å². The van der Waals surface area contributed by atoms with Gasteiger partial charge < -0.3 is 15.3 Å². The van der Waals surface area contributed by atoms with E-state index in [4.69, 9.17) is 0 Å². The molecule has 0 saturated heterocycles. The summed E-state index contributed by atoms with van der Waals surface area (Å²) in [6.07, 6.45) is 7.17. The van der Waals surface area contributed by atoms with Crippen molar-refractivity contribution in [2.24, 2.45) is 0 Å². The van der Waals surface area contributed by atoms with Crippen LogP contribution in [0.1, 0.15) is 65.4 Å². The van der Waals surface area contributed by atoms with Crippen molar-refractivity contribution in [3.63, 3.8) is 0 Å². The Hall–Kier alpha value is -5.42. The van der Waals surface area contributed by atoms with Crippen LogP contribution in [0.5, 0.6) is 11.5 Å². The summed E-state index contributed by atoms with van der Waals surface area (Å²) >= 11 is 0. The lowest BCUT2D eigenvalue weighted by Gasteiger charge is -2.26. The van der Waals surface area contributed by atoms with Crippen molar-refractivity contribution < 1.29 is 24.9 Å². The van der Waals surface area contributed by atoms with Crippen molar-refractivity contribution >= 4 is 28.8 Å². The molecule has 4 aromatic rings. The molecule has 0 fully saturated rings. The number of Topliss-reactive ketones (excluding diaryl/α,β-unsaturated/α-hetero) is 1. The molecule has 44 heavy (non-hydrogen) atoms. The maximum atomic E-state index is 11.2. The van der Waals surface area contributed by atoms with Crippen molar-refractivity contribution in [2.45, 2.75) is 32.6 Å². The second-order valence-electron chi connectivity index (χ2n) is 11.4. The fraction of sp³-hybridized carbons (Fsp3) is 0.128. The number of aromatic hydroxyl groups is 2. The van der Waals surface area contributed by atoms with Gasteiger partial charge in [0.2, 0.25) is 11.6 Å². The zero-order chi connectivity index (χ0) is 31.4. The van der Waals surface area contributed by atoms with Crippen molar-refractivity contribution in [1.82, 2.24) is 0 Å². The molecular formula is C39H34O5. The van der Waals surface area contributed by atoms with Crippen LogP contribution in [0.25, 0.3) is 17.2 Å². The van der Waals surface area contributed by atoms with E-state index in [1.54, 1.807) is 48.6 Å². The number of allylic oxidation sites excluding steroid dienone is 6. The van der Waals surface area contributed by atoms with E-state index in [1.807, 2.05) is 42.5 Å². The molecule has 2 aliphatic carbocycles. The molecule has 0 amide bonds. The molecule has 4 aromatic carbocycles. The molecule has 0 atom stereocenters. The molecule has 0 spiro atoms.